The molecule has 1 N–H and O–H groups in total. The number of hydrogen-bond donors (Lipinski definition) is 1. The second-order valence-electron chi connectivity index (χ2n) is 6.60. The molecule has 0 bridgehead atoms. The van der Waals surface area contributed by atoms with Crippen LogP contribution >= 0.6 is 0 Å². The lowest BCUT2D eigenvalue weighted by Crippen LogP contribution is -2.22. The van der Waals surface area contributed by atoms with E-state index in [4.69, 9.17) is 0 Å². The molecule has 0 atom stereocenters. The third kappa shape index (κ3) is 2.94. The molecule has 29 heavy (non-hydrogen) atoms. The smallest absolute Gasteiger partial charge is 0.269 e. The number of H-pyrrole nitrogens is 1. The lowest BCUT2D eigenvalue weighted by Gasteiger charge is -2.12. The van der Waals surface area contributed by atoms with Gasteiger partial charge in [0.2, 0.25) is 0 Å². The Hall–Kier alpha value is -3.94. The van der Waals surface area contributed by atoms with Crippen LogP contribution in [0.2, 0.25) is 0 Å². The minimum Gasteiger partial charge on any atom is -0.345 e. The molecular formula is C21H13F2N5O. The van der Waals surface area contributed by atoms with Crippen molar-refractivity contribution in [2.24, 2.45) is 0 Å². The van der Waals surface area contributed by atoms with Crippen molar-refractivity contribution in [3.63, 3.8) is 0 Å². The maximum absolute atomic E-state index is 14.9. The Kier molecular flexibility index (Phi) is 3.90. The second kappa shape index (κ2) is 6.59. The Balaban J connectivity index is 1.59. The van der Waals surface area contributed by atoms with Gasteiger partial charge in [-0.25, -0.2) is 18.7 Å². The molecule has 5 rings (SSSR count). The van der Waals surface area contributed by atoms with Gasteiger partial charge in [0.15, 0.2) is 0 Å². The summed E-state index contributed by atoms with van der Waals surface area (Å²) in [4.78, 5) is 27.4. The van der Waals surface area contributed by atoms with Gasteiger partial charge in [-0.1, -0.05) is 6.07 Å². The molecule has 0 aliphatic carbocycles. The van der Waals surface area contributed by atoms with Crippen molar-refractivity contribution in [1.82, 2.24) is 24.5 Å². The number of benzene rings is 2. The zero-order chi connectivity index (χ0) is 20.0. The van der Waals surface area contributed by atoms with Crippen molar-refractivity contribution in [3.05, 3.63) is 88.9 Å². The highest BCUT2D eigenvalue weighted by molar-refractivity contribution is 5.81. The SMILES string of the molecule is O=c1cnc2cnccc2n1Cc1c(F)cc(-c2ccc3nc[nH]c3c2)cc1F. The van der Waals surface area contributed by atoms with Crippen molar-refractivity contribution in [3.8, 4) is 11.1 Å². The molecule has 0 saturated carbocycles. The van der Waals surface area contributed by atoms with Gasteiger partial charge in [-0.15, -0.1) is 0 Å². The number of aromatic nitrogens is 5. The van der Waals surface area contributed by atoms with E-state index < -0.39 is 17.2 Å². The van der Waals surface area contributed by atoms with Crippen molar-refractivity contribution >= 4 is 22.1 Å². The number of pyridine rings is 1. The first-order chi connectivity index (χ1) is 14.1. The fraction of sp³-hybridized carbons (Fsp3) is 0.0476. The van der Waals surface area contributed by atoms with Crippen LogP contribution in [0.1, 0.15) is 5.56 Å². The molecule has 0 fully saturated rings. The molecule has 8 heteroatoms. The molecule has 0 unspecified atom stereocenters. The van der Waals surface area contributed by atoms with Gasteiger partial charge >= 0.3 is 0 Å². The van der Waals surface area contributed by atoms with Crippen LogP contribution in [0.4, 0.5) is 8.78 Å². The molecule has 0 aliphatic rings. The van der Waals surface area contributed by atoms with E-state index in [1.807, 2.05) is 0 Å². The molecule has 2 aromatic carbocycles. The van der Waals surface area contributed by atoms with E-state index in [2.05, 4.69) is 19.9 Å². The molecule has 3 heterocycles. The highest BCUT2D eigenvalue weighted by atomic mass is 19.1. The van der Waals surface area contributed by atoms with Crippen LogP contribution in [-0.4, -0.2) is 24.5 Å². The molecule has 0 aliphatic heterocycles. The summed E-state index contributed by atoms with van der Waals surface area (Å²) in [5.41, 5.74) is 2.89. The summed E-state index contributed by atoms with van der Waals surface area (Å²) in [6.07, 6.45) is 5.67. The summed E-state index contributed by atoms with van der Waals surface area (Å²) >= 11 is 0. The number of nitrogens with one attached hydrogen (secondary N) is 1. The molecular weight excluding hydrogens is 376 g/mol. The van der Waals surface area contributed by atoms with Gasteiger partial charge in [-0.05, 0) is 41.5 Å². The van der Waals surface area contributed by atoms with Crippen LogP contribution in [0.15, 0.2) is 66.1 Å². The van der Waals surface area contributed by atoms with Gasteiger partial charge < -0.3 is 9.55 Å². The highest BCUT2D eigenvalue weighted by Gasteiger charge is 2.15. The first kappa shape index (κ1) is 17.2. The van der Waals surface area contributed by atoms with Crippen molar-refractivity contribution in [2.75, 3.05) is 0 Å². The van der Waals surface area contributed by atoms with Gasteiger partial charge in [0, 0.05) is 11.8 Å². The minimum absolute atomic E-state index is 0.192. The Morgan fingerprint density at radius 2 is 1.76 bits per heavy atom. The number of fused-ring (bicyclic) bond motifs is 2. The van der Waals surface area contributed by atoms with E-state index in [-0.39, 0.29) is 12.1 Å². The molecule has 6 nitrogen and oxygen atoms in total. The van der Waals surface area contributed by atoms with Crippen LogP contribution in [-0.2, 0) is 6.54 Å². The number of imidazole rings is 1. The summed E-state index contributed by atoms with van der Waals surface area (Å²) < 4.78 is 31.0. The summed E-state index contributed by atoms with van der Waals surface area (Å²) in [6.45, 7) is -0.251. The van der Waals surface area contributed by atoms with Gasteiger partial charge in [-0.3, -0.25) is 9.78 Å². The average molecular weight is 389 g/mol. The number of nitrogens with zero attached hydrogens (tertiary/aromatic N) is 4. The number of hydrogen-bond acceptors (Lipinski definition) is 4. The third-order valence-electron chi connectivity index (χ3n) is 4.86. The monoisotopic (exact) mass is 389 g/mol. The van der Waals surface area contributed by atoms with Crippen molar-refractivity contribution < 1.29 is 8.78 Å². The van der Waals surface area contributed by atoms with E-state index in [1.54, 1.807) is 30.6 Å². The van der Waals surface area contributed by atoms with Gasteiger partial charge in [0.05, 0.1) is 41.8 Å². The largest absolute Gasteiger partial charge is 0.345 e. The summed E-state index contributed by atoms with van der Waals surface area (Å²) in [6, 6.07) is 9.45. The Morgan fingerprint density at radius 1 is 0.931 bits per heavy atom. The quantitative estimate of drug-likeness (QED) is 0.511. The van der Waals surface area contributed by atoms with Gasteiger partial charge in [0.25, 0.3) is 5.56 Å². The number of aromatic amines is 1. The van der Waals surface area contributed by atoms with Crippen LogP contribution in [0.25, 0.3) is 33.2 Å². The minimum atomic E-state index is -0.726. The predicted molar refractivity (Wildman–Crippen MR) is 104 cm³/mol. The maximum Gasteiger partial charge on any atom is 0.269 e. The second-order valence-corrected chi connectivity index (χ2v) is 6.60. The topological polar surface area (TPSA) is 76.5 Å². The van der Waals surface area contributed by atoms with E-state index in [1.165, 1.54) is 29.1 Å². The molecule has 3 aromatic heterocycles. The zero-order valence-corrected chi connectivity index (χ0v) is 14.9. The molecule has 0 saturated heterocycles. The predicted octanol–water partition coefficient (Wildman–Crippen LogP) is 3.66. The van der Waals surface area contributed by atoms with Crippen molar-refractivity contribution in [1.29, 1.82) is 0 Å². The standard InChI is InChI=1S/C21H13F2N5O/c22-15-5-13(12-1-2-17-18(7-12)27-11-26-17)6-16(23)14(15)10-28-20-3-4-24-8-19(20)25-9-21(28)29/h1-9,11H,10H2,(H,26,27). The van der Waals surface area contributed by atoms with Crippen LogP contribution < -0.4 is 5.56 Å². The number of rotatable bonds is 3. The molecule has 0 amide bonds. The summed E-state index contributed by atoms with van der Waals surface area (Å²) in [5.74, 6) is -1.45. The van der Waals surface area contributed by atoms with Gasteiger partial charge in [0.1, 0.15) is 17.2 Å². The Morgan fingerprint density at radius 3 is 2.59 bits per heavy atom. The van der Waals surface area contributed by atoms with Crippen LogP contribution in [0.5, 0.6) is 0 Å². The first-order valence-electron chi connectivity index (χ1n) is 8.81. The highest BCUT2D eigenvalue weighted by Crippen LogP contribution is 2.27. The van der Waals surface area contributed by atoms with E-state index in [0.717, 1.165) is 17.2 Å². The summed E-state index contributed by atoms with van der Waals surface area (Å²) in [7, 11) is 0. The van der Waals surface area contributed by atoms with Crippen molar-refractivity contribution in [2.45, 2.75) is 6.54 Å². The maximum atomic E-state index is 14.9. The number of halogens is 2. The Labute approximate surface area is 162 Å². The lowest BCUT2D eigenvalue weighted by molar-refractivity contribution is 0.545. The average Bonchev–Trinajstić information content (AvgIpc) is 3.19. The van der Waals surface area contributed by atoms with E-state index >= 15 is 0 Å². The summed E-state index contributed by atoms with van der Waals surface area (Å²) in [5, 5.41) is 0. The third-order valence-corrected chi connectivity index (χ3v) is 4.86. The van der Waals surface area contributed by atoms with E-state index in [0.29, 0.717) is 22.2 Å². The van der Waals surface area contributed by atoms with Gasteiger partial charge in [-0.2, -0.15) is 0 Å². The molecule has 0 spiro atoms. The molecule has 142 valence electrons. The lowest BCUT2D eigenvalue weighted by atomic mass is 10.0. The Bertz CT molecular complexity index is 1420. The fourth-order valence-electron chi connectivity index (χ4n) is 3.38. The first-order valence-corrected chi connectivity index (χ1v) is 8.81. The molecule has 0 radical (unpaired) electrons. The van der Waals surface area contributed by atoms with Crippen LogP contribution in [0.3, 0.4) is 0 Å². The normalized spacial score (nSPS) is 11.4. The van der Waals surface area contributed by atoms with E-state index in [9.17, 15) is 13.6 Å². The fourth-order valence-corrected chi connectivity index (χ4v) is 3.38. The van der Waals surface area contributed by atoms with Crippen LogP contribution in [0, 0.1) is 11.6 Å². The molecule has 5 aromatic rings. The zero-order valence-electron chi connectivity index (χ0n) is 14.9.